The van der Waals surface area contributed by atoms with Crippen molar-refractivity contribution in [1.29, 1.82) is 0 Å². The summed E-state index contributed by atoms with van der Waals surface area (Å²) < 4.78 is 5.42. The third kappa shape index (κ3) is 5.97. The third-order valence-corrected chi connectivity index (χ3v) is 3.30. The van der Waals surface area contributed by atoms with E-state index in [1.165, 1.54) is 11.8 Å². The van der Waals surface area contributed by atoms with Gasteiger partial charge in [-0.2, -0.15) is 0 Å². The van der Waals surface area contributed by atoms with Gasteiger partial charge in [0.1, 0.15) is 0 Å². The number of aliphatic carboxylic acids is 1. The maximum Gasteiger partial charge on any atom is 0.305 e. The molecule has 1 aliphatic rings. The van der Waals surface area contributed by atoms with Crippen molar-refractivity contribution in [1.82, 2.24) is 5.32 Å². The van der Waals surface area contributed by atoms with E-state index >= 15 is 0 Å². The molecule has 5 nitrogen and oxygen atoms in total. The molecule has 0 aromatic heterocycles. The molecular formula is C10H17NO4S. The zero-order chi connectivity index (χ0) is 11.8. The molecular weight excluding hydrogens is 230 g/mol. The van der Waals surface area contributed by atoms with Gasteiger partial charge in [0.05, 0.1) is 18.3 Å². The number of rotatable bonds is 7. The molecule has 1 amide bonds. The Labute approximate surface area is 98.9 Å². The van der Waals surface area contributed by atoms with Crippen LogP contribution in [0.3, 0.4) is 0 Å². The number of hydrogen-bond donors (Lipinski definition) is 2. The summed E-state index contributed by atoms with van der Waals surface area (Å²) in [6, 6.07) is 0. The molecule has 16 heavy (non-hydrogen) atoms. The van der Waals surface area contributed by atoms with Crippen molar-refractivity contribution in [3.8, 4) is 0 Å². The van der Waals surface area contributed by atoms with E-state index in [1.54, 1.807) is 0 Å². The van der Waals surface area contributed by atoms with E-state index in [1.807, 2.05) is 0 Å². The van der Waals surface area contributed by atoms with Crippen LogP contribution in [0.25, 0.3) is 0 Å². The molecule has 1 saturated heterocycles. The molecule has 1 heterocycles. The van der Waals surface area contributed by atoms with Crippen LogP contribution in [0, 0.1) is 0 Å². The second-order valence-corrected chi connectivity index (χ2v) is 4.67. The van der Waals surface area contributed by atoms with Crippen LogP contribution in [-0.2, 0) is 14.3 Å². The predicted octanol–water partition coefficient (Wildman–Crippen LogP) is 0.490. The van der Waals surface area contributed by atoms with Crippen molar-refractivity contribution in [3.63, 3.8) is 0 Å². The minimum absolute atomic E-state index is 0.0257. The van der Waals surface area contributed by atoms with Gasteiger partial charge in [-0.05, 0) is 12.8 Å². The second kappa shape index (κ2) is 7.51. The van der Waals surface area contributed by atoms with Gasteiger partial charge in [-0.15, -0.1) is 11.8 Å². The number of ether oxygens (including phenoxy) is 1. The van der Waals surface area contributed by atoms with Crippen LogP contribution in [0.5, 0.6) is 0 Å². The maximum absolute atomic E-state index is 11.2. The lowest BCUT2D eigenvalue weighted by molar-refractivity contribution is -0.136. The summed E-state index contributed by atoms with van der Waals surface area (Å²) in [5, 5.41) is 10.9. The fraction of sp³-hybridized carbons (Fsp3) is 0.800. The summed E-state index contributed by atoms with van der Waals surface area (Å²) in [6.07, 6.45) is 2.45. The van der Waals surface area contributed by atoms with Crippen LogP contribution >= 0.6 is 11.8 Å². The van der Waals surface area contributed by atoms with E-state index in [-0.39, 0.29) is 25.0 Å². The molecule has 1 rings (SSSR count). The van der Waals surface area contributed by atoms with Crippen molar-refractivity contribution in [2.24, 2.45) is 0 Å². The Balaban J connectivity index is 1.95. The second-order valence-electron chi connectivity index (χ2n) is 3.64. The topological polar surface area (TPSA) is 75.6 Å². The van der Waals surface area contributed by atoms with Gasteiger partial charge < -0.3 is 15.2 Å². The molecule has 0 saturated carbocycles. The zero-order valence-corrected chi connectivity index (χ0v) is 9.92. The average Bonchev–Trinajstić information content (AvgIpc) is 2.70. The number of amides is 1. The molecule has 92 valence electrons. The van der Waals surface area contributed by atoms with Gasteiger partial charge in [0.25, 0.3) is 0 Å². The van der Waals surface area contributed by atoms with Crippen molar-refractivity contribution < 1.29 is 19.4 Å². The zero-order valence-electron chi connectivity index (χ0n) is 9.11. The van der Waals surface area contributed by atoms with Crippen molar-refractivity contribution in [3.05, 3.63) is 0 Å². The molecule has 0 radical (unpaired) electrons. The first-order valence-corrected chi connectivity index (χ1v) is 6.52. The molecule has 1 fully saturated rings. The smallest absolute Gasteiger partial charge is 0.305 e. The lowest BCUT2D eigenvalue weighted by Crippen LogP contribution is -2.28. The summed E-state index contributed by atoms with van der Waals surface area (Å²) in [5.41, 5.74) is 0. The number of carbonyl (C=O) groups excluding carboxylic acids is 1. The van der Waals surface area contributed by atoms with Gasteiger partial charge >= 0.3 is 5.97 Å². The fourth-order valence-corrected chi connectivity index (χ4v) is 2.35. The van der Waals surface area contributed by atoms with Gasteiger partial charge in [-0.25, -0.2) is 0 Å². The van der Waals surface area contributed by atoms with Crippen LogP contribution in [-0.4, -0.2) is 47.7 Å². The number of thioether (sulfide) groups is 1. The summed E-state index contributed by atoms with van der Waals surface area (Å²) in [6.45, 7) is 1.03. The highest BCUT2D eigenvalue weighted by molar-refractivity contribution is 7.99. The normalized spacial score (nSPS) is 19.6. The quantitative estimate of drug-likeness (QED) is 0.684. The highest BCUT2D eigenvalue weighted by atomic mass is 32.2. The number of carboxylic acids is 1. The molecule has 0 bridgehead atoms. The van der Waals surface area contributed by atoms with Gasteiger partial charge in [0, 0.05) is 18.9 Å². The number of carboxylic acid groups (broad SMARTS) is 1. The summed E-state index contributed by atoms with van der Waals surface area (Å²) in [5.74, 6) is 0.211. The number of hydrogen-bond acceptors (Lipinski definition) is 4. The van der Waals surface area contributed by atoms with E-state index in [9.17, 15) is 9.59 Å². The Morgan fingerprint density at radius 1 is 1.50 bits per heavy atom. The SMILES string of the molecule is O=C(O)CCNC(=O)CSCC1CCCO1. The number of nitrogens with one attached hydrogen (secondary N) is 1. The lowest BCUT2D eigenvalue weighted by atomic mass is 10.3. The van der Waals surface area contributed by atoms with Crippen molar-refractivity contribution in [2.75, 3.05) is 24.7 Å². The Hall–Kier alpha value is -0.750. The standard InChI is InChI=1S/C10H17NO4S/c12-9(11-4-3-10(13)14)7-16-6-8-2-1-5-15-8/h8H,1-7H2,(H,11,12)(H,13,14). The molecule has 1 unspecified atom stereocenters. The molecule has 1 aliphatic heterocycles. The average molecular weight is 247 g/mol. The van der Waals surface area contributed by atoms with Gasteiger partial charge in [-0.3, -0.25) is 9.59 Å². The molecule has 0 aromatic rings. The summed E-state index contributed by atoms with van der Waals surface area (Å²) >= 11 is 1.53. The Kier molecular flexibility index (Phi) is 6.25. The van der Waals surface area contributed by atoms with E-state index in [2.05, 4.69) is 5.32 Å². The van der Waals surface area contributed by atoms with Crippen LogP contribution in [0.1, 0.15) is 19.3 Å². The van der Waals surface area contributed by atoms with E-state index in [0.717, 1.165) is 25.2 Å². The largest absolute Gasteiger partial charge is 0.481 e. The van der Waals surface area contributed by atoms with Crippen LogP contribution in [0.15, 0.2) is 0 Å². The first-order chi connectivity index (χ1) is 7.68. The van der Waals surface area contributed by atoms with Crippen LogP contribution in [0.4, 0.5) is 0 Å². The Morgan fingerprint density at radius 2 is 2.31 bits per heavy atom. The van der Waals surface area contributed by atoms with Gasteiger partial charge in [0.15, 0.2) is 0 Å². The maximum atomic E-state index is 11.2. The minimum Gasteiger partial charge on any atom is -0.481 e. The van der Waals surface area contributed by atoms with Gasteiger partial charge in [-0.1, -0.05) is 0 Å². The van der Waals surface area contributed by atoms with Crippen molar-refractivity contribution in [2.45, 2.75) is 25.4 Å². The van der Waals surface area contributed by atoms with E-state index < -0.39 is 5.97 Å². The predicted molar refractivity (Wildman–Crippen MR) is 61.6 cm³/mol. The fourth-order valence-electron chi connectivity index (χ4n) is 1.42. The number of carbonyl (C=O) groups is 2. The monoisotopic (exact) mass is 247 g/mol. The highest BCUT2D eigenvalue weighted by Gasteiger charge is 2.15. The molecule has 6 heteroatoms. The van der Waals surface area contributed by atoms with Crippen LogP contribution in [0.2, 0.25) is 0 Å². The third-order valence-electron chi connectivity index (χ3n) is 2.22. The molecule has 2 N–H and O–H groups in total. The highest BCUT2D eigenvalue weighted by Crippen LogP contribution is 2.16. The molecule has 1 atom stereocenters. The summed E-state index contributed by atoms with van der Waals surface area (Å²) in [7, 11) is 0. The first kappa shape index (κ1) is 13.3. The molecule has 0 spiro atoms. The van der Waals surface area contributed by atoms with Crippen molar-refractivity contribution >= 4 is 23.6 Å². The Bertz CT molecular complexity index is 241. The molecule has 0 aromatic carbocycles. The minimum atomic E-state index is -0.896. The Morgan fingerprint density at radius 3 is 2.94 bits per heavy atom. The lowest BCUT2D eigenvalue weighted by Gasteiger charge is -2.08. The van der Waals surface area contributed by atoms with E-state index in [0.29, 0.717) is 5.75 Å². The van der Waals surface area contributed by atoms with E-state index in [4.69, 9.17) is 9.84 Å². The first-order valence-electron chi connectivity index (χ1n) is 5.36. The van der Waals surface area contributed by atoms with Crippen LogP contribution < -0.4 is 5.32 Å². The summed E-state index contributed by atoms with van der Waals surface area (Å²) in [4.78, 5) is 21.4. The van der Waals surface area contributed by atoms with Gasteiger partial charge in [0.2, 0.25) is 5.91 Å². The molecule has 0 aliphatic carbocycles.